The minimum absolute atomic E-state index is 0.110. The molecule has 4 saturated carbocycles. The summed E-state index contributed by atoms with van der Waals surface area (Å²) >= 11 is 1.91. The number of rotatable bonds is 2. The third-order valence-electron chi connectivity index (χ3n) is 14.4. The Bertz CT molecular complexity index is 2940. The molecule has 5 aliphatic rings. The lowest BCUT2D eigenvalue weighted by Crippen LogP contribution is -2.55. The molecule has 5 aliphatic carbocycles. The second kappa shape index (κ2) is 10.5. The van der Waals surface area contributed by atoms with E-state index in [1.165, 1.54) is 118 Å². The van der Waals surface area contributed by atoms with E-state index < -0.39 is 0 Å². The van der Waals surface area contributed by atoms with Crippen LogP contribution in [0.5, 0.6) is 0 Å². The van der Waals surface area contributed by atoms with Crippen molar-refractivity contribution in [2.24, 2.45) is 23.7 Å². The van der Waals surface area contributed by atoms with Gasteiger partial charge in [0.15, 0.2) is 0 Å². The van der Waals surface area contributed by atoms with Crippen molar-refractivity contribution in [1.82, 2.24) is 0 Å². The molecule has 14 rings (SSSR count). The molecule has 0 N–H and O–H groups in total. The van der Waals surface area contributed by atoms with Crippen LogP contribution in [0.1, 0.15) is 43.2 Å². The van der Waals surface area contributed by atoms with Crippen LogP contribution in [-0.2, 0) is 5.41 Å². The third kappa shape index (κ3) is 3.72. The van der Waals surface area contributed by atoms with Gasteiger partial charge in [-0.15, -0.1) is 11.3 Å². The fourth-order valence-electron chi connectivity index (χ4n) is 12.8. The number of thiophene rings is 1. The van der Waals surface area contributed by atoms with Crippen molar-refractivity contribution in [2.45, 2.75) is 37.5 Å². The Kier molecular flexibility index (Phi) is 5.77. The first-order valence-corrected chi connectivity index (χ1v) is 20.6. The minimum Gasteiger partial charge on any atom is -0.135 e. The summed E-state index contributed by atoms with van der Waals surface area (Å²) in [4.78, 5) is 0. The summed E-state index contributed by atoms with van der Waals surface area (Å²) in [6, 6.07) is 56.2. The fraction of sp³-hybridized carbons (Fsp3) is 0.192. The SMILES string of the molecule is c1ccc2c3c(ccc2c1)C1(c2cc(-c4c5ccccc5c(-c5cccc6sc7ccccc7c56)c5ccccc45)ccc2-3)C2CC3CC(C2)CC1C3. The quantitative estimate of drug-likeness (QED) is 0.158. The first-order chi connectivity index (χ1) is 26.3. The van der Waals surface area contributed by atoms with E-state index in [0.717, 1.165) is 23.7 Å². The van der Waals surface area contributed by atoms with Crippen LogP contribution in [-0.4, -0.2) is 0 Å². The lowest BCUT2D eigenvalue weighted by atomic mass is 9.43. The van der Waals surface area contributed by atoms with Crippen LogP contribution in [0.25, 0.3) is 85.9 Å². The van der Waals surface area contributed by atoms with Crippen LogP contribution in [0.3, 0.4) is 0 Å². The Labute approximate surface area is 313 Å². The highest BCUT2D eigenvalue weighted by Crippen LogP contribution is 2.70. The van der Waals surface area contributed by atoms with Crippen LogP contribution in [0.2, 0.25) is 0 Å². The highest BCUT2D eigenvalue weighted by atomic mass is 32.1. The van der Waals surface area contributed by atoms with Gasteiger partial charge in [-0.05, 0) is 151 Å². The van der Waals surface area contributed by atoms with Crippen molar-refractivity contribution >= 4 is 63.8 Å². The molecule has 53 heavy (non-hydrogen) atoms. The van der Waals surface area contributed by atoms with E-state index in [1.807, 2.05) is 11.3 Å². The topological polar surface area (TPSA) is 0 Å². The largest absolute Gasteiger partial charge is 0.135 e. The zero-order valence-corrected chi connectivity index (χ0v) is 30.4. The molecule has 252 valence electrons. The molecule has 1 aromatic heterocycles. The van der Waals surface area contributed by atoms with Crippen molar-refractivity contribution in [1.29, 1.82) is 0 Å². The zero-order chi connectivity index (χ0) is 34.4. The van der Waals surface area contributed by atoms with Gasteiger partial charge in [-0.2, -0.15) is 0 Å². The molecule has 4 fully saturated rings. The first-order valence-electron chi connectivity index (χ1n) is 19.8. The summed E-state index contributed by atoms with van der Waals surface area (Å²) in [5.41, 5.74) is 11.8. The molecule has 0 nitrogen and oxygen atoms in total. The number of hydrogen-bond acceptors (Lipinski definition) is 1. The Morgan fingerprint density at radius 2 is 1.02 bits per heavy atom. The molecule has 4 bridgehead atoms. The van der Waals surface area contributed by atoms with Gasteiger partial charge in [-0.25, -0.2) is 0 Å². The van der Waals surface area contributed by atoms with Gasteiger partial charge < -0.3 is 0 Å². The Morgan fingerprint density at radius 3 is 1.74 bits per heavy atom. The molecule has 8 aromatic carbocycles. The molecular formula is C52H38S. The van der Waals surface area contributed by atoms with Crippen LogP contribution < -0.4 is 0 Å². The Morgan fingerprint density at radius 1 is 0.415 bits per heavy atom. The van der Waals surface area contributed by atoms with E-state index >= 15 is 0 Å². The molecule has 0 unspecified atom stereocenters. The average Bonchev–Trinajstić information content (AvgIpc) is 3.73. The monoisotopic (exact) mass is 694 g/mol. The maximum absolute atomic E-state index is 2.70. The molecule has 0 atom stereocenters. The highest BCUT2D eigenvalue weighted by molar-refractivity contribution is 7.25. The van der Waals surface area contributed by atoms with E-state index in [0.29, 0.717) is 0 Å². The fourth-order valence-corrected chi connectivity index (χ4v) is 14.0. The van der Waals surface area contributed by atoms with Gasteiger partial charge >= 0.3 is 0 Å². The van der Waals surface area contributed by atoms with Crippen molar-refractivity contribution < 1.29 is 0 Å². The second-order valence-corrected chi connectivity index (χ2v) is 17.8. The molecule has 1 heteroatoms. The van der Waals surface area contributed by atoms with Crippen LogP contribution in [0.4, 0.5) is 0 Å². The Hall–Kier alpha value is -5.24. The van der Waals surface area contributed by atoms with Crippen molar-refractivity contribution in [3.63, 3.8) is 0 Å². The summed E-state index contributed by atoms with van der Waals surface area (Å²) in [5, 5.41) is 10.9. The predicted molar refractivity (Wildman–Crippen MR) is 226 cm³/mol. The van der Waals surface area contributed by atoms with Crippen LogP contribution >= 0.6 is 11.3 Å². The molecule has 0 amide bonds. The molecular weight excluding hydrogens is 657 g/mol. The smallest absolute Gasteiger partial charge is 0.0361 e. The number of benzene rings is 8. The van der Waals surface area contributed by atoms with E-state index in [-0.39, 0.29) is 5.41 Å². The van der Waals surface area contributed by atoms with Crippen molar-refractivity contribution in [2.75, 3.05) is 0 Å². The lowest BCUT2D eigenvalue weighted by molar-refractivity contribution is -0.0399. The standard InChI is InChI=1S/C52H38S/c1-2-11-36-32(10-1)21-23-44-50(36)41-22-20-33(29-45(41)52(44)34-25-30-24-31(27-34)28-35(52)26-30)48-37-12-3-5-14-39(37)49(40-15-6-4-13-38(40)48)43-17-9-19-47-51(43)42-16-7-8-18-46(42)53-47/h1-23,29-31,34-35H,24-28H2. The number of fused-ring (bicyclic) bond motifs is 10. The van der Waals surface area contributed by atoms with Crippen molar-refractivity contribution in [3.05, 3.63) is 157 Å². The van der Waals surface area contributed by atoms with E-state index in [2.05, 4.69) is 146 Å². The van der Waals surface area contributed by atoms with Gasteiger partial charge in [0.1, 0.15) is 0 Å². The first kappa shape index (κ1) is 29.2. The normalized spacial score (nSPS) is 23.9. The molecule has 0 radical (unpaired) electrons. The Balaban J connectivity index is 1.11. The molecule has 1 heterocycles. The lowest BCUT2D eigenvalue weighted by Gasteiger charge is -2.61. The maximum atomic E-state index is 2.70. The molecule has 0 saturated heterocycles. The van der Waals surface area contributed by atoms with Gasteiger partial charge in [0, 0.05) is 25.6 Å². The average molecular weight is 695 g/mol. The summed E-state index contributed by atoms with van der Waals surface area (Å²) in [6.45, 7) is 0. The zero-order valence-electron chi connectivity index (χ0n) is 29.6. The number of hydrogen-bond donors (Lipinski definition) is 0. The predicted octanol–water partition coefficient (Wildman–Crippen LogP) is 14.6. The van der Waals surface area contributed by atoms with Gasteiger partial charge in [0.05, 0.1) is 0 Å². The van der Waals surface area contributed by atoms with Gasteiger partial charge in [-0.3, -0.25) is 0 Å². The second-order valence-electron chi connectivity index (χ2n) is 16.8. The van der Waals surface area contributed by atoms with Crippen LogP contribution in [0.15, 0.2) is 146 Å². The summed E-state index contributed by atoms with van der Waals surface area (Å²) in [7, 11) is 0. The highest BCUT2D eigenvalue weighted by Gasteiger charge is 2.61. The summed E-state index contributed by atoms with van der Waals surface area (Å²) in [5.74, 6) is 3.30. The molecule has 1 spiro atoms. The summed E-state index contributed by atoms with van der Waals surface area (Å²) in [6.07, 6.45) is 7.05. The van der Waals surface area contributed by atoms with Gasteiger partial charge in [-0.1, -0.05) is 127 Å². The van der Waals surface area contributed by atoms with E-state index in [1.54, 1.807) is 11.1 Å². The third-order valence-corrected chi connectivity index (χ3v) is 15.6. The van der Waals surface area contributed by atoms with Gasteiger partial charge in [0.2, 0.25) is 0 Å². The molecule has 0 aliphatic heterocycles. The van der Waals surface area contributed by atoms with E-state index in [4.69, 9.17) is 0 Å². The summed E-state index contributed by atoms with van der Waals surface area (Å²) < 4.78 is 2.71. The molecule has 9 aromatic rings. The van der Waals surface area contributed by atoms with Crippen molar-refractivity contribution in [3.8, 4) is 33.4 Å². The van der Waals surface area contributed by atoms with E-state index in [9.17, 15) is 0 Å². The van der Waals surface area contributed by atoms with Crippen LogP contribution in [0, 0.1) is 23.7 Å². The maximum Gasteiger partial charge on any atom is 0.0361 e. The van der Waals surface area contributed by atoms with Gasteiger partial charge in [0.25, 0.3) is 0 Å². The minimum atomic E-state index is 0.110.